The normalized spacial score (nSPS) is 9.89. The van der Waals surface area contributed by atoms with Gasteiger partial charge in [-0.2, -0.15) is 0 Å². The van der Waals surface area contributed by atoms with Crippen molar-refractivity contribution < 1.29 is 28.9 Å². The highest BCUT2D eigenvalue weighted by Crippen LogP contribution is 2.38. The third-order valence-corrected chi connectivity index (χ3v) is 3.74. The van der Waals surface area contributed by atoms with Crippen molar-refractivity contribution in [3.8, 4) is 17.2 Å². The van der Waals surface area contributed by atoms with Gasteiger partial charge in [-0.1, -0.05) is 12.1 Å². The highest BCUT2D eigenvalue weighted by Gasteiger charge is 2.17. The van der Waals surface area contributed by atoms with Gasteiger partial charge < -0.3 is 29.4 Å². The molecule has 9 heteroatoms. The lowest BCUT2D eigenvalue weighted by Gasteiger charge is -2.14. The molecule has 0 atom stereocenters. The molecular weight excluding hydrogens is 372 g/mol. The predicted molar refractivity (Wildman–Crippen MR) is 101 cm³/mol. The quantitative estimate of drug-likeness (QED) is 0.710. The first kappa shape index (κ1) is 20.0. The van der Waals surface area contributed by atoms with Crippen LogP contribution in [0.25, 0.3) is 0 Å². The minimum absolute atomic E-state index is 0.0351. The van der Waals surface area contributed by atoms with Crippen molar-refractivity contribution in [1.82, 2.24) is 5.32 Å². The number of hydrogen-bond donors (Lipinski definition) is 2. The zero-order valence-corrected chi connectivity index (χ0v) is 15.6. The van der Waals surface area contributed by atoms with Gasteiger partial charge in [-0.25, -0.2) is 0 Å². The molecule has 27 heavy (non-hydrogen) atoms. The van der Waals surface area contributed by atoms with Crippen LogP contribution < -0.4 is 30.0 Å². The highest BCUT2D eigenvalue weighted by atomic mass is 32.1. The summed E-state index contributed by atoms with van der Waals surface area (Å²) < 4.78 is 15.6. The molecule has 2 aromatic rings. The third kappa shape index (κ3) is 4.85. The maximum absolute atomic E-state index is 12.4. The summed E-state index contributed by atoms with van der Waals surface area (Å²) in [7, 11) is 4.35. The Balaban J connectivity index is 2.12. The number of hydrogen-bond acceptors (Lipinski definition) is 7. The van der Waals surface area contributed by atoms with Crippen molar-refractivity contribution in [1.29, 1.82) is 0 Å². The minimum atomic E-state index is -1.28. The van der Waals surface area contributed by atoms with E-state index < -0.39 is 11.9 Å². The van der Waals surface area contributed by atoms with Crippen LogP contribution in [0.1, 0.15) is 20.7 Å². The fourth-order valence-electron chi connectivity index (χ4n) is 2.24. The third-order valence-electron chi connectivity index (χ3n) is 3.53. The van der Waals surface area contributed by atoms with E-state index in [2.05, 4.69) is 10.6 Å². The molecule has 0 heterocycles. The Morgan fingerprint density at radius 2 is 1.48 bits per heavy atom. The van der Waals surface area contributed by atoms with E-state index in [1.54, 1.807) is 0 Å². The van der Waals surface area contributed by atoms with E-state index in [4.69, 9.17) is 26.4 Å². The molecule has 2 rings (SSSR count). The zero-order chi connectivity index (χ0) is 20.0. The topological polar surface area (TPSA) is 109 Å². The number of carboxylic acids is 1. The van der Waals surface area contributed by atoms with Gasteiger partial charge >= 0.3 is 0 Å². The summed E-state index contributed by atoms with van der Waals surface area (Å²) in [5.74, 6) is -0.735. The van der Waals surface area contributed by atoms with Crippen LogP contribution in [0, 0.1) is 0 Å². The Kier molecular flexibility index (Phi) is 6.56. The maximum atomic E-state index is 12.4. The standard InChI is InChI=1S/C18H18N2O6S/c1-24-13-8-11(9-14(25-2)15(13)26-3)16(21)20-18(27)19-12-6-4-10(5-7-12)17(22)23/h4-9H,1-3H3,(H,22,23)(H2,19,20,21,27)/p-1. The zero-order valence-electron chi connectivity index (χ0n) is 14.8. The fourth-order valence-corrected chi connectivity index (χ4v) is 2.45. The maximum Gasteiger partial charge on any atom is 0.257 e. The molecule has 0 aromatic heterocycles. The number of benzene rings is 2. The Morgan fingerprint density at radius 3 is 1.93 bits per heavy atom. The average molecular weight is 389 g/mol. The molecule has 8 nitrogen and oxygen atoms in total. The highest BCUT2D eigenvalue weighted by molar-refractivity contribution is 7.80. The molecule has 0 unspecified atom stereocenters. The SMILES string of the molecule is COc1cc(C(=O)NC(=S)Nc2ccc(C(=O)[O-])cc2)cc(OC)c1OC. The van der Waals surface area contributed by atoms with Crippen molar-refractivity contribution in [3.05, 3.63) is 47.5 Å². The van der Waals surface area contributed by atoms with E-state index in [0.717, 1.165) is 0 Å². The van der Waals surface area contributed by atoms with E-state index >= 15 is 0 Å². The Bertz CT molecular complexity index is 842. The van der Waals surface area contributed by atoms with Gasteiger partial charge in [0.2, 0.25) is 5.75 Å². The number of carbonyl (C=O) groups excluding carboxylic acids is 2. The molecule has 1 amide bonds. The van der Waals surface area contributed by atoms with Crippen LogP contribution in [0.5, 0.6) is 17.2 Å². The van der Waals surface area contributed by atoms with Gasteiger partial charge in [0.15, 0.2) is 16.6 Å². The summed E-state index contributed by atoms with van der Waals surface area (Å²) in [4.78, 5) is 23.2. The summed E-state index contributed by atoms with van der Waals surface area (Å²) in [5, 5.41) is 16.1. The van der Waals surface area contributed by atoms with E-state index in [-0.39, 0.29) is 16.2 Å². The number of thiocarbonyl (C=S) groups is 1. The first-order chi connectivity index (χ1) is 12.9. The smallest absolute Gasteiger partial charge is 0.257 e. The number of rotatable bonds is 6. The molecule has 142 valence electrons. The van der Waals surface area contributed by atoms with Crippen LogP contribution in [-0.4, -0.2) is 38.3 Å². The first-order valence-corrected chi connectivity index (χ1v) is 8.04. The van der Waals surface area contributed by atoms with Crippen molar-refractivity contribution >= 4 is 34.9 Å². The summed E-state index contributed by atoms with van der Waals surface area (Å²) in [6.45, 7) is 0. The number of methoxy groups -OCH3 is 3. The van der Waals surface area contributed by atoms with Crippen molar-refractivity contribution in [2.45, 2.75) is 0 Å². The number of carbonyl (C=O) groups is 2. The molecule has 0 fully saturated rings. The van der Waals surface area contributed by atoms with Crippen molar-refractivity contribution in [2.24, 2.45) is 0 Å². The molecule has 0 saturated heterocycles. The molecule has 0 aliphatic carbocycles. The number of aromatic carboxylic acids is 1. The number of carboxylic acid groups (broad SMARTS) is 1. The summed E-state index contributed by atoms with van der Waals surface area (Å²) >= 11 is 5.11. The molecule has 0 aliphatic heterocycles. The van der Waals surface area contributed by atoms with Gasteiger partial charge in [0.1, 0.15) is 0 Å². The fraction of sp³-hybridized carbons (Fsp3) is 0.167. The van der Waals surface area contributed by atoms with E-state index in [0.29, 0.717) is 22.9 Å². The van der Waals surface area contributed by atoms with Gasteiger partial charge in [0.25, 0.3) is 5.91 Å². The lowest BCUT2D eigenvalue weighted by Crippen LogP contribution is -2.34. The number of anilines is 1. The molecule has 0 bridgehead atoms. The molecule has 0 aliphatic rings. The molecule has 0 spiro atoms. The molecule has 2 aromatic carbocycles. The second kappa shape index (κ2) is 8.86. The number of nitrogens with one attached hydrogen (secondary N) is 2. The second-order valence-corrected chi connectivity index (χ2v) is 5.60. The second-order valence-electron chi connectivity index (χ2n) is 5.19. The molecule has 0 radical (unpaired) electrons. The summed E-state index contributed by atoms with van der Waals surface area (Å²) in [6, 6.07) is 8.72. The largest absolute Gasteiger partial charge is 0.545 e. The van der Waals surface area contributed by atoms with E-state index in [1.165, 1.54) is 57.7 Å². The van der Waals surface area contributed by atoms with Gasteiger partial charge in [0, 0.05) is 11.3 Å². The Hall–Kier alpha value is -3.33. The van der Waals surface area contributed by atoms with Gasteiger partial charge in [-0.3, -0.25) is 10.1 Å². The monoisotopic (exact) mass is 389 g/mol. The molecule has 0 saturated carbocycles. The summed E-state index contributed by atoms with van der Waals surface area (Å²) in [5.41, 5.74) is 0.795. The van der Waals surface area contributed by atoms with E-state index in [1.807, 2.05) is 0 Å². The van der Waals surface area contributed by atoms with Crippen LogP contribution in [0.4, 0.5) is 5.69 Å². The van der Waals surface area contributed by atoms with Crippen LogP contribution in [0.2, 0.25) is 0 Å². The Labute approximate surface area is 161 Å². The van der Waals surface area contributed by atoms with Crippen LogP contribution in [0.3, 0.4) is 0 Å². The lowest BCUT2D eigenvalue weighted by atomic mass is 10.1. The molecule has 2 N–H and O–H groups in total. The van der Waals surface area contributed by atoms with Crippen molar-refractivity contribution in [3.63, 3.8) is 0 Å². The lowest BCUT2D eigenvalue weighted by molar-refractivity contribution is -0.255. The van der Waals surface area contributed by atoms with Crippen LogP contribution in [-0.2, 0) is 0 Å². The first-order valence-electron chi connectivity index (χ1n) is 7.63. The van der Waals surface area contributed by atoms with Gasteiger partial charge in [-0.05, 0) is 42.0 Å². The van der Waals surface area contributed by atoms with Crippen molar-refractivity contribution in [2.75, 3.05) is 26.6 Å². The number of ether oxygens (including phenoxy) is 3. The van der Waals surface area contributed by atoms with E-state index in [9.17, 15) is 14.7 Å². The Morgan fingerprint density at radius 1 is 0.926 bits per heavy atom. The molecular formula is C18H17N2O6S-. The average Bonchev–Trinajstić information content (AvgIpc) is 2.66. The number of amides is 1. The van der Waals surface area contributed by atoms with Crippen LogP contribution >= 0.6 is 12.2 Å². The van der Waals surface area contributed by atoms with Crippen LogP contribution in [0.15, 0.2) is 36.4 Å². The van der Waals surface area contributed by atoms with Gasteiger partial charge in [0.05, 0.1) is 27.3 Å². The minimum Gasteiger partial charge on any atom is -0.545 e. The predicted octanol–water partition coefficient (Wildman–Crippen LogP) is 1.20. The van der Waals surface area contributed by atoms with Gasteiger partial charge in [-0.15, -0.1) is 0 Å². The summed E-state index contributed by atoms with van der Waals surface area (Å²) in [6.07, 6.45) is 0.